The fraction of sp³-hybridized carbons (Fsp3) is 1.00. The van der Waals surface area contributed by atoms with Crippen molar-refractivity contribution in [1.82, 2.24) is 0 Å². The molecule has 0 fully saturated rings. The number of hydrogen-bond acceptors (Lipinski definition) is 1. The zero-order valence-corrected chi connectivity index (χ0v) is 7.19. The van der Waals surface area contributed by atoms with Crippen molar-refractivity contribution < 1.29 is 33.6 Å². The van der Waals surface area contributed by atoms with Gasteiger partial charge in [-0.05, 0) is 0 Å². The van der Waals surface area contributed by atoms with E-state index in [-0.39, 0.29) is 0 Å². The molecule has 0 aliphatic rings. The Bertz CT molecular complexity index is 33.9. The molecule has 0 spiro atoms. The molecule has 0 radical (unpaired) electrons. The van der Waals surface area contributed by atoms with E-state index in [1.54, 1.807) is 0 Å². The fourth-order valence-corrected chi connectivity index (χ4v) is 0. The van der Waals surface area contributed by atoms with Crippen LogP contribution in [0.1, 0.15) is 13.8 Å². The van der Waals surface area contributed by atoms with Gasteiger partial charge in [-0.15, -0.1) is 0 Å². The molecule has 0 rings (SSSR count). The zero-order valence-electron chi connectivity index (χ0n) is 3.56. The first-order chi connectivity index (χ1) is 2.27. The van der Waals surface area contributed by atoms with Gasteiger partial charge < -0.3 is 0 Å². The monoisotopic (exact) mass is 198 g/mol. The van der Waals surface area contributed by atoms with Crippen molar-refractivity contribution in [2.24, 2.45) is 0 Å². The van der Waals surface area contributed by atoms with E-state index >= 15 is 0 Å². The molecule has 0 amide bonds. The Labute approximate surface area is 49.5 Å². The van der Waals surface area contributed by atoms with Crippen molar-refractivity contribution >= 4 is 0 Å². The van der Waals surface area contributed by atoms with Gasteiger partial charge in [0.2, 0.25) is 0 Å². The molecular weight excluding hydrogens is 191 g/mol. The Kier molecular flexibility index (Phi) is 3.83. The first kappa shape index (κ1) is 5.99. The third-order valence-corrected chi connectivity index (χ3v) is 1.98. The van der Waals surface area contributed by atoms with Crippen LogP contribution in [0.3, 0.4) is 0 Å². The maximum absolute atomic E-state index is 9.84. The second kappa shape index (κ2) is 3.20. The van der Waals surface area contributed by atoms with E-state index in [1.807, 2.05) is 13.8 Å². The first-order valence-electron chi connectivity index (χ1n) is 1.72. The van der Waals surface area contributed by atoms with Crippen molar-refractivity contribution in [3.63, 3.8) is 0 Å². The van der Waals surface area contributed by atoms with Gasteiger partial charge in [-0.3, -0.25) is 0 Å². The van der Waals surface area contributed by atoms with E-state index in [0.717, 1.165) is 0 Å². The third kappa shape index (κ3) is 4.99. The van der Waals surface area contributed by atoms with E-state index in [0.29, 0.717) is 2.32 Å². The van der Waals surface area contributed by atoms with Crippen molar-refractivity contribution in [1.29, 1.82) is 0 Å². The number of hydrogen-bond donors (Lipinski definition) is 0. The third-order valence-electron chi connectivity index (χ3n) is 0.272. The minimum absolute atomic E-state index is 0.537. The topological polar surface area (TPSA) is 17.1 Å². The van der Waals surface area contributed by atoms with Gasteiger partial charge in [0.1, 0.15) is 0 Å². The maximum atomic E-state index is 9.84. The van der Waals surface area contributed by atoms with Crippen molar-refractivity contribution in [3.8, 4) is 0 Å². The molecule has 0 aromatic rings. The molecule has 1 nitrogen and oxygen atoms in total. The van der Waals surface area contributed by atoms with E-state index in [4.69, 9.17) is 0 Å². The molecule has 0 heterocycles. The molecule has 0 saturated carbocycles. The number of rotatable bonds is 1. The molecule has 5 heavy (non-hydrogen) atoms. The molecule has 0 unspecified atom stereocenters. The second-order valence-electron chi connectivity index (χ2n) is 1.38. The Morgan fingerprint density at radius 1 is 1.60 bits per heavy atom. The summed E-state index contributed by atoms with van der Waals surface area (Å²) in [6, 6.07) is 0. The van der Waals surface area contributed by atoms with Gasteiger partial charge in [0.05, 0.1) is 0 Å². The van der Waals surface area contributed by atoms with Crippen molar-refractivity contribution in [2.75, 3.05) is 0 Å². The van der Waals surface area contributed by atoms with Crippen LogP contribution in [0.5, 0.6) is 0 Å². The van der Waals surface area contributed by atoms with E-state index < -0.39 is 31.9 Å². The van der Waals surface area contributed by atoms with E-state index in [9.17, 15) is 1.70 Å². The molecule has 0 atom stereocenters. The molecule has 0 N–H and O–H groups in total. The van der Waals surface area contributed by atoms with Gasteiger partial charge in [0.25, 0.3) is 0 Å². The molecule has 0 aliphatic heterocycles. The minimum atomic E-state index is -1.38. The first-order valence-corrected chi connectivity index (χ1v) is 5.30. The summed E-state index contributed by atoms with van der Waals surface area (Å²) in [5.74, 6) is 0. The van der Waals surface area contributed by atoms with Crippen LogP contribution >= 0.6 is 0 Å². The SMILES string of the molecule is C[CH](C)[La]=[O]. The normalized spacial score (nSPS) is 7.80. The summed E-state index contributed by atoms with van der Waals surface area (Å²) in [5.41, 5.74) is 0. The van der Waals surface area contributed by atoms with E-state index in [2.05, 4.69) is 0 Å². The van der Waals surface area contributed by atoms with Gasteiger partial charge in [-0.2, -0.15) is 0 Å². The van der Waals surface area contributed by atoms with Crippen LogP contribution in [0.2, 0.25) is 2.32 Å². The van der Waals surface area contributed by atoms with Crippen LogP contribution in [0, 0.1) is 31.9 Å². The summed E-state index contributed by atoms with van der Waals surface area (Å²) in [6.07, 6.45) is 0. The van der Waals surface area contributed by atoms with Gasteiger partial charge in [0.15, 0.2) is 0 Å². The zero-order chi connectivity index (χ0) is 4.28. The Balaban J connectivity index is 2.83. The van der Waals surface area contributed by atoms with Crippen LogP contribution < -0.4 is 0 Å². The average molecular weight is 198 g/mol. The molecule has 0 saturated heterocycles. The molecule has 0 aliphatic carbocycles. The Morgan fingerprint density at radius 3 is 1.80 bits per heavy atom. The fourth-order valence-electron chi connectivity index (χ4n) is 0. The summed E-state index contributed by atoms with van der Waals surface area (Å²) in [4.78, 5) is 0. The second-order valence-corrected chi connectivity index (χ2v) is 6.42. The predicted octanol–water partition coefficient (Wildman–Crippen LogP) is 1.25. The van der Waals surface area contributed by atoms with Gasteiger partial charge in [0, 0.05) is 0 Å². The van der Waals surface area contributed by atoms with Crippen LogP contribution in [0.25, 0.3) is 0 Å². The Hall–Kier alpha value is 0.995. The summed E-state index contributed by atoms with van der Waals surface area (Å²) in [7, 11) is 0. The average Bonchev–Trinajstić information content (AvgIpc) is 1.38. The molecule has 0 bridgehead atoms. The van der Waals surface area contributed by atoms with Crippen LogP contribution in [0.4, 0.5) is 0 Å². The molecule has 2 heteroatoms. The van der Waals surface area contributed by atoms with Gasteiger partial charge in [-0.1, -0.05) is 0 Å². The predicted molar refractivity (Wildman–Crippen MR) is 15.8 cm³/mol. The summed E-state index contributed by atoms with van der Waals surface area (Å²) < 4.78 is 10.4. The van der Waals surface area contributed by atoms with Gasteiger partial charge >= 0.3 is 49.8 Å². The van der Waals surface area contributed by atoms with Gasteiger partial charge in [-0.25, -0.2) is 0 Å². The quantitative estimate of drug-likeness (QED) is 0.619. The molecule has 0 aromatic heterocycles. The standard InChI is InChI=1S/C3H7.La.O/c1-3-2;;/h3H,1-2H3;;. The van der Waals surface area contributed by atoms with Crippen molar-refractivity contribution in [3.05, 3.63) is 0 Å². The summed E-state index contributed by atoms with van der Waals surface area (Å²) >= 11 is -1.38. The Morgan fingerprint density at radius 2 is 1.80 bits per heavy atom. The van der Waals surface area contributed by atoms with Crippen LogP contribution in [0.15, 0.2) is 0 Å². The van der Waals surface area contributed by atoms with Crippen LogP contribution in [-0.2, 0) is 1.70 Å². The molecule has 0 aromatic carbocycles. The van der Waals surface area contributed by atoms with E-state index in [1.165, 1.54) is 0 Å². The molecule has 28 valence electrons. The summed E-state index contributed by atoms with van der Waals surface area (Å²) in [6.45, 7) is 4.00. The molecular formula is C3H7LaO. The summed E-state index contributed by atoms with van der Waals surface area (Å²) in [5, 5.41) is 0. The van der Waals surface area contributed by atoms with Crippen molar-refractivity contribution in [2.45, 2.75) is 16.2 Å². The van der Waals surface area contributed by atoms with Crippen LogP contribution in [-0.4, -0.2) is 0 Å².